The van der Waals surface area contributed by atoms with Crippen molar-refractivity contribution >= 4 is 45.5 Å². The average Bonchev–Trinajstić information content (AvgIpc) is 3.04. The molecule has 0 bridgehead atoms. The van der Waals surface area contributed by atoms with Crippen LogP contribution in [0, 0.1) is 3.83 Å². The van der Waals surface area contributed by atoms with E-state index in [9.17, 15) is 15.3 Å². The zero-order chi connectivity index (χ0) is 17.4. The number of aliphatic hydroxyl groups excluding tert-OH is 3. The Labute approximate surface area is 151 Å². The van der Waals surface area contributed by atoms with Gasteiger partial charge in [0.05, 0.1) is 6.61 Å². The molecule has 0 aromatic carbocycles. The van der Waals surface area contributed by atoms with Crippen LogP contribution in [0.2, 0.25) is 0 Å². The number of imidazole rings is 1. The summed E-state index contributed by atoms with van der Waals surface area (Å²) >= 11 is 1.94. The fourth-order valence-electron chi connectivity index (χ4n) is 2.66. The van der Waals surface area contributed by atoms with Crippen molar-refractivity contribution in [3.63, 3.8) is 0 Å². The van der Waals surface area contributed by atoms with Crippen molar-refractivity contribution in [3.8, 4) is 0 Å². The smallest absolute Gasteiger partial charge is 0.207 e. The first-order valence-electron chi connectivity index (χ1n) is 7.55. The molecule has 1 aliphatic rings. The van der Waals surface area contributed by atoms with E-state index in [0.717, 1.165) is 6.42 Å². The highest BCUT2D eigenvalue weighted by Crippen LogP contribution is 2.35. The number of aromatic nitrogens is 4. The van der Waals surface area contributed by atoms with Gasteiger partial charge in [-0.25, -0.2) is 15.0 Å². The van der Waals surface area contributed by atoms with Gasteiger partial charge in [0.2, 0.25) is 5.95 Å². The van der Waals surface area contributed by atoms with Gasteiger partial charge in [0, 0.05) is 29.1 Å². The Hall–Kier alpha value is -1.28. The quantitative estimate of drug-likeness (QED) is 0.298. The lowest BCUT2D eigenvalue weighted by Crippen LogP contribution is -2.33. The lowest BCUT2D eigenvalue weighted by atomic mass is 10.1. The van der Waals surface area contributed by atoms with Crippen LogP contribution in [0.25, 0.3) is 11.2 Å². The van der Waals surface area contributed by atoms with E-state index < -0.39 is 31.1 Å². The van der Waals surface area contributed by atoms with Crippen molar-refractivity contribution in [3.05, 3.63) is 3.83 Å². The number of hydrogen-bond acceptors (Lipinski definition) is 9. The molecule has 1 fully saturated rings. The predicted octanol–water partition coefficient (Wildman–Crippen LogP) is -0.554. The van der Waals surface area contributed by atoms with E-state index in [1.54, 1.807) is 4.57 Å². The van der Waals surface area contributed by atoms with Gasteiger partial charge in [0.15, 0.2) is 27.0 Å². The topological polar surface area (TPSA) is 152 Å². The minimum Gasteiger partial charge on any atom is -0.394 e. The summed E-state index contributed by atoms with van der Waals surface area (Å²) in [4.78, 5) is 12.8. The van der Waals surface area contributed by atoms with E-state index in [0.29, 0.717) is 27.5 Å². The SMILES string of the molecule is CCCNc1nc2c(N)nc(I)nc2n1[C@@H]1O[C@H](CO)C(O)C1O. The first-order valence-corrected chi connectivity index (χ1v) is 8.63. The number of aliphatic hydroxyl groups is 3. The van der Waals surface area contributed by atoms with E-state index in [-0.39, 0.29) is 5.82 Å². The Kier molecular flexibility index (Phi) is 5.05. The fraction of sp³-hybridized carbons (Fsp3) is 0.615. The zero-order valence-electron chi connectivity index (χ0n) is 12.9. The molecular formula is C13H19IN6O4. The summed E-state index contributed by atoms with van der Waals surface area (Å²) in [5, 5.41) is 32.8. The van der Waals surface area contributed by atoms with E-state index in [1.807, 2.05) is 29.5 Å². The monoisotopic (exact) mass is 450 g/mol. The van der Waals surface area contributed by atoms with Crippen molar-refractivity contribution in [2.24, 2.45) is 0 Å². The van der Waals surface area contributed by atoms with Crippen molar-refractivity contribution in [2.75, 3.05) is 24.2 Å². The largest absolute Gasteiger partial charge is 0.394 e. The van der Waals surface area contributed by atoms with Crippen LogP contribution in [0.4, 0.5) is 11.8 Å². The molecule has 132 valence electrons. The van der Waals surface area contributed by atoms with Crippen LogP contribution in [-0.2, 0) is 4.74 Å². The van der Waals surface area contributed by atoms with Crippen LogP contribution in [0.3, 0.4) is 0 Å². The number of halogens is 1. The Bertz CT molecular complexity index is 741. The molecule has 0 spiro atoms. The number of nitrogens with two attached hydrogens (primary N) is 1. The summed E-state index contributed by atoms with van der Waals surface area (Å²) in [5.41, 5.74) is 6.70. The van der Waals surface area contributed by atoms with E-state index >= 15 is 0 Å². The van der Waals surface area contributed by atoms with Crippen LogP contribution in [0.5, 0.6) is 0 Å². The van der Waals surface area contributed by atoms with Crippen molar-refractivity contribution in [1.82, 2.24) is 19.5 Å². The van der Waals surface area contributed by atoms with Gasteiger partial charge in [-0.1, -0.05) is 6.92 Å². The number of anilines is 2. The molecule has 10 nitrogen and oxygen atoms in total. The highest BCUT2D eigenvalue weighted by atomic mass is 127. The molecule has 1 aliphatic heterocycles. The highest BCUT2D eigenvalue weighted by molar-refractivity contribution is 14.1. The maximum atomic E-state index is 10.3. The third-order valence-corrected chi connectivity index (χ3v) is 4.33. The number of fused-ring (bicyclic) bond motifs is 1. The minimum absolute atomic E-state index is 0.217. The molecule has 2 unspecified atom stereocenters. The summed E-state index contributed by atoms with van der Waals surface area (Å²) in [6.45, 7) is 2.24. The lowest BCUT2D eigenvalue weighted by molar-refractivity contribution is -0.0501. The predicted molar refractivity (Wildman–Crippen MR) is 94.2 cm³/mol. The van der Waals surface area contributed by atoms with Crippen molar-refractivity contribution < 1.29 is 20.1 Å². The second-order valence-electron chi connectivity index (χ2n) is 5.51. The maximum absolute atomic E-state index is 10.3. The molecule has 24 heavy (non-hydrogen) atoms. The van der Waals surface area contributed by atoms with Crippen molar-refractivity contribution in [2.45, 2.75) is 37.9 Å². The zero-order valence-corrected chi connectivity index (χ0v) is 15.1. The number of rotatable bonds is 5. The highest BCUT2D eigenvalue weighted by Gasteiger charge is 2.45. The summed E-state index contributed by atoms with van der Waals surface area (Å²) in [6, 6.07) is 0. The van der Waals surface area contributed by atoms with Crippen molar-refractivity contribution in [1.29, 1.82) is 0 Å². The third kappa shape index (κ3) is 2.90. The molecule has 2 aromatic rings. The van der Waals surface area contributed by atoms with Gasteiger partial charge < -0.3 is 31.1 Å². The molecule has 0 amide bonds. The average molecular weight is 450 g/mol. The van der Waals surface area contributed by atoms with Gasteiger partial charge in [0.1, 0.15) is 18.3 Å². The number of hydrogen-bond donors (Lipinski definition) is 5. The van der Waals surface area contributed by atoms with Crippen LogP contribution in [0.1, 0.15) is 19.6 Å². The summed E-state index contributed by atoms with van der Waals surface area (Å²) in [7, 11) is 0. The molecule has 3 heterocycles. The van der Waals surface area contributed by atoms with Crippen LogP contribution < -0.4 is 11.1 Å². The molecular weight excluding hydrogens is 431 g/mol. The van der Waals surface area contributed by atoms with Gasteiger partial charge in [-0.2, -0.15) is 0 Å². The van der Waals surface area contributed by atoms with Gasteiger partial charge in [-0.3, -0.25) is 4.57 Å². The summed E-state index contributed by atoms with van der Waals surface area (Å²) in [5.74, 6) is 0.624. The normalized spacial score (nSPS) is 27.0. The van der Waals surface area contributed by atoms with E-state index in [1.165, 1.54) is 0 Å². The molecule has 0 radical (unpaired) electrons. The first-order chi connectivity index (χ1) is 11.5. The van der Waals surface area contributed by atoms with Gasteiger partial charge in [0.25, 0.3) is 0 Å². The summed E-state index contributed by atoms with van der Waals surface area (Å²) in [6.07, 6.45) is -3.44. The van der Waals surface area contributed by atoms with Gasteiger partial charge in [-0.05, 0) is 6.42 Å². The Balaban J connectivity index is 2.14. The standard InChI is InChI=1S/C13H19IN6O4/c1-2-3-16-13-17-6-9(15)18-12(14)19-10(6)20(13)11-8(23)7(22)5(4-21)24-11/h5,7-8,11,21-23H,2-4H2,1H3,(H,16,17)(H2,15,18,19)/t5-,7?,8?,11-/m1/s1. The van der Waals surface area contributed by atoms with E-state index in [2.05, 4.69) is 20.3 Å². The number of nitrogen functional groups attached to an aromatic ring is 1. The number of nitrogens with zero attached hydrogens (tertiary/aromatic N) is 4. The number of nitrogens with one attached hydrogen (secondary N) is 1. The molecule has 0 aliphatic carbocycles. The van der Waals surface area contributed by atoms with Crippen LogP contribution >= 0.6 is 22.6 Å². The summed E-state index contributed by atoms with van der Waals surface area (Å²) < 4.78 is 7.59. The lowest BCUT2D eigenvalue weighted by Gasteiger charge is -2.19. The molecule has 11 heteroatoms. The van der Waals surface area contributed by atoms with Gasteiger partial charge >= 0.3 is 0 Å². The van der Waals surface area contributed by atoms with E-state index in [4.69, 9.17) is 10.5 Å². The Morgan fingerprint density at radius 1 is 1.29 bits per heavy atom. The molecule has 2 aromatic heterocycles. The van der Waals surface area contributed by atoms with Crippen LogP contribution in [-0.4, -0.2) is 66.3 Å². The molecule has 4 atom stereocenters. The Morgan fingerprint density at radius 2 is 2.04 bits per heavy atom. The first kappa shape index (κ1) is 17.5. The van der Waals surface area contributed by atoms with Gasteiger partial charge in [-0.15, -0.1) is 0 Å². The second-order valence-corrected chi connectivity index (χ2v) is 6.48. The third-order valence-electron chi connectivity index (χ3n) is 3.84. The second kappa shape index (κ2) is 6.92. The minimum atomic E-state index is -1.24. The molecule has 6 N–H and O–H groups in total. The maximum Gasteiger partial charge on any atom is 0.207 e. The molecule has 1 saturated heterocycles. The Morgan fingerprint density at radius 3 is 2.67 bits per heavy atom. The molecule has 0 saturated carbocycles. The fourth-order valence-corrected chi connectivity index (χ4v) is 3.15. The number of ether oxygens (including phenoxy) is 1. The molecule has 3 rings (SSSR count). The van der Waals surface area contributed by atoms with Crippen LogP contribution in [0.15, 0.2) is 0 Å².